The molecule has 0 atom stereocenters. The van der Waals surface area contributed by atoms with Crippen LogP contribution in [0.2, 0.25) is 0 Å². The number of amides is 1. The van der Waals surface area contributed by atoms with E-state index in [1.54, 1.807) is 13.8 Å². The first-order chi connectivity index (χ1) is 8.19. The van der Waals surface area contributed by atoms with Gasteiger partial charge in [-0.25, -0.2) is 13.2 Å². The van der Waals surface area contributed by atoms with E-state index in [0.717, 1.165) is 6.07 Å². The lowest BCUT2D eigenvalue weighted by molar-refractivity contribution is -0.116. The van der Waals surface area contributed by atoms with Gasteiger partial charge in [-0.1, -0.05) is 0 Å². The largest absolute Gasteiger partial charge is 0.326 e. The van der Waals surface area contributed by atoms with Crippen molar-refractivity contribution in [3.05, 3.63) is 29.6 Å². The number of nitrogens with two attached hydrogens (primary N) is 1. The van der Waals surface area contributed by atoms with Crippen LogP contribution in [0.4, 0.5) is 18.9 Å². The van der Waals surface area contributed by atoms with Crippen LogP contribution in [0.25, 0.3) is 0 Å². The fraction of sp³-hybridized carbons (Fsp3) is 0.417. The van der Waals surface area contributed by atoms with Crippen molar-refractivity contribution in [3.63, 3.8) is 0 Å². The topological polar surface area (TPSA) is 55.1 Å². The van der Waals surface area contributed by atoms with Crippen molar-refractivity contribution in [3.8, 4) is 0 Å². The average Bonchev–Trinajstić information content (AvgIpc) is 2.21. The van der Waals surface area contributed by atoms with Gasteiger partial charge >= 0.3 is 0 Å². The van der Waals surface area contributed by atoms with Crippen LogP contribution in [0, 0.1) is 17.5 Å². The Morgan fingerprint density at radius 1 is 1.33 bits per heavy atom. The van der Waals surface area contributed by atoms with Crippen LogP contribution in [0.3, 0.4) is 0 Å². The third kappa shape index (κ3) is 4.37. The van der Waals surface area contributed by atoms with E-state index in [9.17, 15) is 18.0 Å². The number of carbonyl (C=O) groups is 1. The Labute approximate surface area is 103 Å². The highest BCUT2D eigenvalue weighted by Gasteiger charge is 2.16. The van der Waals surface area contributed by atoms with E-state index in [1.165, 1.54) is 0 Å². The summed E-state index contributed by atoms with van der Waals surface area (Å²) in [5, 5.41) is 2.11. The SMILES string of the molecule is CC(C)(N)CCC(=O)Nc1cc(F)cc(F)c1F. The van der Waals surface area contributed by atoms with Gasteiger partial charge in [0.2, 0.25) is 5.91 Å². The number of rotatable bonds is 4. The smallest absolute Gasteiger partial charge is 0.224 e. The maximum Gasteiger partial charge on any atom is 0.224 e. The van der Waals surface area contributed by atoms with E-state index in [-0.39, 0.29) is 6.42 Å². The predicted octanol–water partition coefficient (Wildman–Crippen LogP) is 2.56. The van der Waals surface area contributed by atoms with E-state index >= 15 is 0 Å². The molecule has 0 aliphatic rings. The summed E-state index contributed by atoms with van der Waals surface area (Å²) in [5.41, 5.74) is 4.64. The van der Waals surface area contributed by atoms with Gasteiger partial charge in [0.25, 0.3) is 0 Å². The average molecular weight is 260 g/mol. The molecule has 0 heterocycles. The van der Waals surface area contributed by atoms with Crippen molar-refractivity contribution in [1.82, 2.24) is 0 Å². The van der Waals surface area contributed by atoms with Gasteiger partial charge in [-0.15, -0.1) is 0 Å². The minimum atomic E-state index is -1.34. The molecular weight excluding hydrogens is 245 g/mol. The molecule has 1 aromatic carbocycles. The molecule has 0 aromatic heterocycles. The van der Waals surface area contributed by atoms with Crippen LogP contribution in [0.1, 0.15) is 26.7 Å². The highest BCUT2D eigenvalue weighted by molar-refractivity contribution is 5.90. The minimum Gasteiger partial charge on any atom is -0.326 e. The van der Waals surface area contributed by atoms with Crippen molar-refractivity contribution >= 4 is 11.6 Å². The van der Waals surface area contributed by atoms with Crippen molar-refractivity contribution < 1.29 is 18.0 Å². The lowest BCUT2D eigenvalue weighted by Crippen LogP contribution is -2.33. The molecule has 1 amide bonds. The van der Waals surface area contributed by atoms with E-state index in [4.69, 9.17) is 5.73 Å². The zero-order valence-electron chi connectivity index (χ0n) is 10.2. The van der Waals surface area contributed by atoms with Crippen LogP contribution >= 0.6 is 0 Å². The summed E-state index contributed by atoms with van der Waals surface area (Å²) in [6.45, 7) is 3.48. The second-order valence-electron chi connectivity index (χ2n) is 4.79. The molecule has 0 bridgehead atoms. The summed E-state index contributed by atoms with van der Waals surface area (Å²) in [5.74, 6) is -4.12. The molecular formula is C12H15F3N2O. The van der Waals surface area contributed by atoms with E-state index < -0.39 is 34.6 Å². The summed E-state index contributed by atoms with van der Waals surface area (Å²) in [4.78, 5) is 11.5. The van der Waals surface area contributed by atoms with Crippen LogP contribution in [-0.2, 0) is 4.79 Å². The Morgan fingerprint density at radius 2 is 1.94 bits per heavy atom. The number of anilines is 1. The van der Waals surface area contributed by atoms with E-state index in [1.807, 2.05) is 0 Å². The number of halogens is 3. The second-order valence-corrected chi connectivity index (χ2v) is 4.79. The molecule has 0 saturated carbocycles. The molecule has 0 aliphatic carbocycles. The molecule has 3 N–H and O–H groups in total. The minimum absolute atomic E-state index is 0.0427. The van der Waals surface area contributed by atoms with Crippen molar-refractivity contribution in [2.24, 2.45) is 5.73 Å². The fourth-order valence-electron chi connectivity index (χ4n) is 1.30. The monoisotopic (exact) mass is 260 g/mol. The molecule has 0 spiro atoms. The molecule has 0 radical (unpaired) electrons. The van der Waals surface area contributed by atoms with Crippen LogP contribution in [0.5, 0.6) is 0 Å². The van der Waals surface area contributed by atoms with Gasteiger partial charge < -0.3 is 11.1 Å². The normalized spacial score (nSPS) is 11.4. The number of carbonyl (C=O) groups excluding carboxylic acids is 1. The molecule has 0 saturated heterocycles. The maximum absolute atomic E-state index is 13.2. The maximum atomic E-state index is 13.2. The van der Waals surface area contributed by atoms with Crippen molar-refractivity contribution in [2.75, 3.05) is 5.32 Å². The van der Waals surface area contributed by atoms with E-state index in [0.29, 0.717) is 12.5 Å². The van der Waals surface area contributed by atoms with Gasteiger partial charge in [0.05, 0.1) is 5.69 Å². The summed E-state index contributed by atoms with van der Waals surface area (Å²) in [6.07, 6.45) is 0.416. The zero-order chi connectivity index (χ0) is 13.9. The van der Waals surface area contributed by atoms with Crippen molar-refractivity contribution in [1.29, 1.82) is 0 Å². The number of benzene rings is 1. The molecule has 3 nitrogen and oxygen atoms in total. The first-order valence-corrected chi connectivity index (χ1v) is 5.42. The van der Waals surface area contributed by atoms with Gasteiger partial charge in [-0.05, 0) is 20.3 Å². The van der Waals surface area contributed by atoms with Crippen LogP contribution < -0.4 is 11.1 Å². The first-order valence-electron chi connectivity index (χ1n) is 5.42. The molecule has 1 rings (SSSR count). The molecule has 6 heteroatoms. The molecule has 0 aliphatic heterocycles. The predicted molar refractivity (Wildman–Crippen MR) is 62.4 cm³/mol. The standard InChI is InChI=1S/C12H15F3N2O/c1-12(2,16)4-3-10(18)17-9-6-7(13)5-8(14)11(9)15/h5-6H,3-4,16H2,1-2H3,(H,17,18). The number of hydrogen-bond donors (Lipinski definition) is 2. The Bertz CT molecular complexity index is 455. The molecule has 1 aromatic rings. The quantitative estimate of drug-likeness (QED) is 0.817. The highest BCUT2D eigenvalue weighted by atomic mass is 19.2. The highest BCUT2D eigenvalue weighted by Crippen LogP contribution is 2.19. The Morgan fingerprint density at radius 3 is 2.50 bits per heavy atom. The molecule has 0 unspecified atom stereocenters. The number of nitrogens with one attached hydrogen (secondary N) is 1. The summed E-state index contributed by atoms with van der Waals surface area (Å²) < 4.78 is 39.0. The second kappa shape index (κ2) is 5.39. The molecule has 0 fully saturated rings. The Hall–Kier alpha value is -1.56. The van der Waals surface area contributed by atoms with Crippen LogP contribution in [0.15, 0.2) is 12.1 Å². The molecule has 18 heavy (non-hydrogen) atoms. The van der Waals surface area contributed by atoms with Crippen molar-refractivity contribution in [2.45, 2.75) is 32.2 Å². The summed E-state index contributed by atoms with van der Waals surface area (Å²) >= 11 is 0. The third-order valence-corrected chi connectivity index (χ3v) is 2.26. The third-order valence-electron chi connectivity index (χ3n) is 2.26. The lowest BCUT2D eigenvalue weighted by Gasteiger charge is -2.17. The zero-order valence-corrected chi connectivity index (χ0v) is 10.2. The summed E-state index contributed by atoms with van der Waals surface area (Å²) in [6, 6.07) is 1.14. The van der Waals surface area contributed by atoms with Gasteiger partial charge in [0.15, 0.2) is 11.6 Å². The Balaban J connectivity index is 2.71. The van der Waals surface area contributed by atoms with Gasteiger partial charge in [0.1, 0.15) is 5.82 Å². The lowest BCUT2D eigenvalue weighted by atomic mass is 10.00. The first kappa shape index (κ1) is 14.5. The molecule has 100 valence electrons. The number of hydrogen-bond acceptors (Lipinski definition) is 2. The Kier molecular flexibility index (Phi) is 4.34. The fourth-order valence-corrected chi connectivity index (χ4v) is 1.30. The van der Waals surface area contributed by atoms with E-state index in [2.05, 4.69) is 5.32 Å². The van der Waals surface area contributed by atoms with Gasteiger partial charge in [-0.2, -0.15) is 0 Å². The van der Waals surface area contributed by atoms with Crippen LogP contribution in [-0.4, -0.2) is 11.4 Å². The summed E-state index contributed by atoms with van der Waals surface area (Å²) in [7, 11) is 0. The van der Waals surface area contributed by atoms with Gasteiger partial charge in [-0.3, -0.25) is 4.79 Å². The van der Waals surface area contributed by atoms with Gasteiger partial charge in [0, 0.05) is 24.1 Å².